The van der Waals surface area contributed by atoms with Gasteiger partial charge in [-0.25, -0.2) is 0 Å². The molecule has 0 rings (SSSR count). The van der Waals surface area contributed by atoms with Crippen LogP contribution in [0.25, 0.3) is 0 Å². The van der Waals surface area contributed by atoms with Gasteiger partial charge in [-0.1, -0.05) is 0 Å². The third-order valence-electron chi connectivity index (χ3n) is 0.0797. The first-order valence-corrected chi connectivity index (χ1v) is 2.71. The maximum absolute atomic E-state index is 9.16. The zero-order chi connectivity index (χ0) is 4.28. The van der Waals surface area contributed by atoms with Crippen molar-refractivity contribution >= 4 is 31.9 Å². The van der Waals surface area contributed by atoms with Gasteiger partial charge in [-0.15, -0.1) is 4.91 Å². The minimum atomic E-state index is -0.421. The lowest BCUT2D eigenvalue weighted by molar-refractivity contribution is 1.32. The van der Waals surface area contributed by atoms with Gasteiger partial charge in [-0.05, 0) is 37.0 Å². The van der Waals surface area contributed by atoms with Crippen molar-refractivity contribution in [3.8, 4) is 0 Å². The summed E-state index contributed by atoms with van der Waals surface area (Å²) < 4.78 is -0.421. The highest BCUT2D eigenvalue weighted by Crippen LogP contribution is 2.06. The Bertz CT molecular complexity index is 36.6. The summed E-state index contributed by atoms with van der Waals surface area (Å²) in [5.74, 6) is 0. The lowest BCUT2D eigenvalue weighted by Crippen LogP contribution is -1.65. The van der Waals surface area contributed by atoms with E-state index in [1.165, 1.54) is 0 Å². The Morgan fingerprint density at radius 1 is 1.60 bits per heavy atom. The Labute approximate surface area is 46.2 Å². The minimum absolute atomic E-state index is 0.421. The maximum atomic E-state index is 9.16. The number of alkyl halides is 2. The third-order valence-corrected chi connectivity index (χ3v) is 0.414. The highest BCUT2D eigenvalue weighted by Gasteiger charge is 1.86. The van der Waals surface area contributed by atoms with Gasteiger partial charge in [0.2, 0.25) is 3.86 Å². The van der Waals surface area contributed by atoms with Crippen molar-refractivity contribution in [1.82, 2.24) is 0 Å². The van der Waals surface area contributed by atoms with E-state index in [9.17, 15) is 0 Å². The lowest BCUT2D eigenvalue weighted by Gasteiger charge is -1.72. The summed E-state index contributed by atoms with van der Waals surface area (Å²) in [6, 6.07) is 0. The van der Waals surface area contributed by atoms with Crippen molar-refractivity contribution in [3.05, 3.63) is 4.91 Å². The zero-order valence-corrected chi connectivity index (χ0v) is 5.36. The number of rotatable bonds is 1. The van der Waals surface area contributed by atoms with E-state index in [2.05, 4.69) is 37.0 Å². The van der Waals surface area contributed by atoms with E-state index in [1.54, 1.807) is 0 Å². The second kappa shape index (κ2) is 2.78. The summed E-state index contributed by atoms with van der Waals surface area (Å²) in [4.78, 5) is 9.16. The average molecular weight is 203 g/mol. The minimum Gasteiger partial charge on any atom is -0.149 e. The van der Waals surface area contributed by atoms with Gasteiger partial charge in [0.15, 0.2) is 0 Å². The summed E-state index contributed by atoms with van der Waals surface area (Å²) >= 11 is 5.62. The van der Waals surface area contributed by atoms with Crippen LogP contribution in [-0.2, 0) is 0 Å². The number of halogens is 2. The van der Waals surface area contributed by atoms with Gasteiger partial charge in [-0.2, -0.15) is 0 Å². The first-order chi connectivity index (χ1) is 2.27. The Morgan fingerprint density at radius 2 is 1.80 bits per heavy atom. The summed E-state index contributed by atoms with van der Waals surface area (Å²) in [6.45, 7) is 0. The van der Waals surface area contributed by atoms with Gasteiger partial charge in [0, 0.05) is 0 Å². The van der Waals surface area contributed by atoms with E-state index < -0.39 is 3.86 Å². The fourth-order valence-electron chi connectivity index (χ4n) is 0. The van der Waals surface area contributed by atoms with Gasteiger partial charge in [-0.3, -0.25) is 0 Å². The zero-order valence-electron chi connectivity index (χ0n) is 2.19. The van der Waals surface area contributed by atoms with E-state index in [0.29, 0.717) is 0 Å². The van der Waals surface area contributed by atoms with Crippen LogP contribution in [0.2, 0.25) is 0 Å². The molecule has 0 spiro atoms. The van der Waals surface area contributed by atoms with Crippen LogP contribution in [0.15, 0.2) is 5.18 Å². The van der Waals surface area contributed by atoms with Crippen molar-refractivity contribution < 1.29 is 0 Å². The second-order valence-corrected chi connectivity index (χ2v) is 3.35. The van der Waals surface area contributed by atoms with E-state index in [-0.39, 0.29) is 0 Å². The van der Waals surface area contributed by atoms with Gasteiger partial charge < -0.3 is 0 Å². The van der Waals surface area contributed by atoms with E-state index >= 15 is 0 Å². The van der Waals surface area contributed by atoms with Crippen LogP contribution >= 0.6 is 31.9 Å². The molecule has 0 atom stereocenters. The standard InChI is InChI=1S/CHBr2NO/c2-1(3)4-5/h1H. The van der Waals surface area contributed by atoms with E-state index in [1.807, 2.05) is 0 Å². The molecule has 0 fully saturated rings. The Kier molecular flexibility index (Phi) is 3.09. The summed E-state index contributed by atoms with van der Waals surface area (Å²) in [7, 11) is 0. The van der Waals surface area contributed by atoms with Crippen LogP contribution in [0.1, 0.15) is 0 Å². The molecule has 0 unspecified atom stereocenters. The highest BCUT2D eigenvalue weighted by atomic mass is 79.9. The predicted molar refractivity (Wildman–Crippen MR) is 27.4 cm³/mol. The number of nitrogens with zero attached hydrogens (tertiary/aromatic N) is 1. The smallest absolute Gasteiger partial charge is 0.149 e. The SMILES string of the molecule is O=NC(Br)Br. The largest absolute Gasteiger partial charge is 0.200 e. The predicted octanol–water partition coefficient (Wildman–Crippen LogP) is 1.83. The van der Waals surface area contributed by atoms with Crippen LogP contribution in [0.4, 0.5) is 0 Å². The van der Waals surface area contributed by atoms with Gasteiger partial charge in [0.25, 0.3) is 0 Å². The van der Waals surface area contributed by atoms with Gasteiger partial charge in [0.05, 0.1) is 0 Å². The molecule has 0 heterocycles. The molecular weight excluding hydrogens is 202 g/mol. The monoisotopic (exact) mass is 201 g/mol. The molecule has 0 amide bonds. The van der Waals surface area contributed by atoms with Gasteiger partial charge in [0.1, 0.15) is 0 Å². The normalized spacial score (nSPS) is 8.60. The van der Waals surface area contributed by atoms with Crippen LogP contribution in [-0.4, -0.2) is 3.86 Å². The summed E-state index contributed by atoms with van der Waals surface area (Å²) in [6.07, 6.45) is 0. The Morgan fingerprint density at radius 3 is 1.80 bits per heavy atom. The maximum Gasteiger partial charge on any atom is 0.200 e. The number of hydrogen-bond acceptors (Lipinski definition) is 2. The molecular formula is CHBr2NO. The Balaban J connectivity index is 2.83. The van der Waals surface area contributed by atoms with Crippen molar-refractivity contribution in [3.63, 3.8) is 0 Å². The molecule has 0 aliphatic heterocycles. The molecule has 0 aliphatic carbocycles. The highest BCUT2D eigenvalue weighted by molar-refractivity contribution is 9.24. The van der Waals surface area contributed by atoms with Crippen LogP contribution < -0.4 is 0 Å². The quantitative estimate of drug-likeness (QED) is 0.363. The first kappa shape index (κ1) is 5.56. The summed E-state index contributed by atoms with van der Waals surface area (Å²) in [5, 5.41) is 2.47. The fraction of sp³-hybridized carbons (Fsp3) is 1.00. The molecule has 0 aliphatic rings. The number of hydrogen-bond donors (Lipinski definition) is 0. The van der Waals surface area contributed by atoms with Gasteiger partial charge >= 0.3 is 0 Å². The molecule has 0 saturated carbocycles. The molecule has 0 N–H and O–H groups in total. The molecule has 0 aromatic heterocycles. The van der Waals surface area contributed by atoms with Crippen molar-refractivity contribution in [2.45, 2.75) is 3.86 Å². The molecule has 4 heteroatoms. The third kappa shape index (κ3) is 4.56. The topological polar surface area (TPSA) is 29.4 Å². The molecule has 0 radical (unpaired) electrons. The number of nitroso groups, excluding NO2 is 1. The molecule has 30 valence electrons. The van der Waals surface area contributed by atoms with Crippen molar-refractivity contribution in [1.29, 1.82) is 0 Å². The Hall–Kier alpha value is 0.560. The van der Waals surface area contributed by atoms with Crippen LogP contribution in [0, 0.1) is 4.91 Å². The molecule has 0 aromatic rings. The van der Waals surface area contributed by atoms with Crippen molar-refractivity contribution in [2.75, 3.05) is 0 Å². The summed E-state index contributed by atoms with van der Waals surface area (Å²) in [5.41, 5.74) is 0. The fourth-order valence-corrected chi connectivity index (χ4v) is 0. The van der Waals surface area contributed by atoms with Crippen LogP contribution in [0.5, 0.6) is 0 Å². The molecule has 5 heavy (non-hydrogen) atoms. The average Bonchev–Trinajstić information content (AvgIpc) is 1.38. The van der Waals surface area contributed by atoms with Crippen molar-refractivity contribution in [2.24, 2.45) is 5.18 Å². The molecule has 0 aromatic carbocycles. The molecule has 0 saturated heterocycles. The lowest BCUT2D eigenvalue weighted by atomic mass is 11.6. The molecule has 2 nitrogen and oxygen atoms in total. The second-order valence-electron chi connectivity index (χ2n) is 0.383. The van der Waals surface area contributed by atoms with E-state index in [4.69, 9.17) is 4.91 Å². The first-order valence-electron chi connectivity index (χ1n) is 0.877. The molecule has 0 bridgehead atoms. The van der Waals surface area contributed by atoms with E-state index in [0.717, 1.165) is 0 Å². The van der Waals surface area contributed by atoms with Crippen LogP contribution in [0.3, 0.4) is 0 Å².